The van der Waals surface area contributed by atoms with Crippen LogP contribution in [0.15, 0.2) is 41.7 Å². The second kappa shape index (κ2) is 5.81. The molecule has 0 aliphatic heterocycles. The Balaban J connectivity index is 1.84. The van der Waals surface area contributed by atoms with Crippen molar-refractivity contribution in [1.82, 2.24) is 14.8 Å². The lowest BCUT2D eigenvalue weighted by atomic mass is 10.3. The summed E-state index contributed by atoms with van der Waals surface area (Å²) < 4.78 is 1.87. The second-order valence-electron chi connectivity index (χ2n) is 3.87. The lowest BCUT2D eigenvalue weighted by molar-refractivity contribution is 0.776. The first-order chi connectivity index (χ1) is 8.75. The maximum Gasteiger partial charge on any atom is 0.193 e. The third kappa shape index (κ3) is 3.31. The highest BCUT2D eigenvalue weighted by atomic mass is 15.2. The number of nitrogens with one attached hydrogen (secondary N) is 1. The van der Waals surface area contributed by atoms with E-state index >= 15 is 0 Å². The Labute approximate surface area is 106 Å². The summed E-state index contributed by atoms with van der Waals surface area (Å²) in [7, 11) is 1.91. The van der Waals surface area contributed by atoms with E-state index in [-0.39, 0.29) is 0 Å². The number of hydrogen-bond acceptors (Lipinski definition) is 3. The summed E-state index contributed by atoms with van der Waals surface area (Å²) >= 11 is 0. The molecule has 0 saturated heterocycles. The van der Waals surface area contributed by atoms with Gasteiger partial charge >= 0.3 is 0 Å². The van der Waals surface area contributed by atoms with E-state index in [1.165, 1.54) is 0 Å². The van der Waals surface area contributed by atoms with Crippen LogP contribution in [-0.4, -0.2) is 27.3 Å². The van der Waals surface area contributed by atoms with E-state index in [9.17, 15) is 0 Å². The van der Waals surface area contributed by atoms with Crippen LogP contribution in [0.3, 0.4) is 0 Å². The van der Waals surface area contributed by atoms with Crippen molar-refractivity contribution in [2.45, 2.75) is 6.42 Å². The first kappa shape index (κ1) is 12.1. The van der Waals surface area contributed by atoms with Crippen LogP contribution in [0.1, 0.15) is 5.82 Å². The Morgan fingerprint density at radius 1 is 1.39 bits per heavy atom. The SMILES string of the molecule is Cn1cnnc1CCN=C(N)Nc1ccccc1. The molecule has 2 rings (SSSR count). The van der Waals surface area contributed by atoms with Gasteiger partial charge in [-0.2, -0.15) is 0 Å². The summed E-state index contributed by atoms with van der Waals surface area (Å²) in [6.07, 6.45) is 2.39. The number of aliphatic imine (C=N–C) groups is 1. The van der Waals surface area contributed by atoms with Gasteiger partial charge in [0, 0.05) is 25.7 Å². The summed E-state index contributed by atoms with van der Waals surface area (Å²) in [5, 5.41) is 10.8. The molecule has 0 amide bonds. The lowest BCUT2D eigenvalue weighted by Crippen LogP contribution is -2.23. The molecule has 0 aliphatic carbocycles. The largest absolute Gasteiger partial charge is 0.370 e. The molecular weight excluding hydrogens is 228 g/mol. The van der Waals surface area contributed by atoms with E-state index in [4.69, 9.17) is 5.73 Å². The molecule has 18 heavy (non-hydrogen) atoms. The Morgan fingerprint density at radius 3 is 2.83 bits per heavy atom. The predicted molar refractivity (Wildman–Crippen MR) is 71.3 cm³/mol. The molecule has 0 spiro atoms. The molecule has 0 atom stereocenters. The number of guanidine groups is 1. The summed E-state index contributed by atoms with van der Waals surface area (Å²) in [6.45, 7) is 0.582. The Kier molecular flexibility index (Phi) is 3.90. The summed E-state index contributed by atoms with van der Waals surface area (Å²) in [4.78, 5) is 4.24. The molecule has 6 nitrogen and oxygen atoms in total. The molecule has 1 aromatic carbocycles. The van der Waals surface area contributed by atoms with Gasteiger partial charge in [0.2, 0.25) is 0 Å². The van der Waals surface area contributed by atoms with Gasteiger partial charge in [0.1, 0.15) is 12.2 Å². The van der Waals surface area contributed by atoms with Gasteiger partial charge in [0.25, 0.3) is 0 Å². The fourth-order valence-electron chi connectivity index (χ4n) is 1.52. The van der Waals surface area contributed by atoms with Crippen molar-refractivity contribution in [3.63, 3.8) is 0 Å². The maximum absolute atomic E-state index is 5.78. The van der Waals surface area contributed by atoms with Crippen molar-refractivity contribution >= 4 is 11.6 Å². The molecule has 1 heterocycles. The third-order valence-electron chi connectivity index (χ3n) is 2.47. The van der Waals surface area contributed by atoms with Gasteiger partial charge in [-0.05, 0) is 12.1 Å². The van der Waals surface area contributed by atoms with Gasteiger partial charge in [-0.3, -0.25) is 4.99 Å². The molecule has 1 aromatic heterocycles. The van der Waals surface area contributed by atoms with E-state index < -0.39 is 0 Å². The highest BCUT2D eigenvalue weighted by molar-refractivity contribution is 5.92. The zero-order valence-electron chi connectivity index (χ0n) is 10.2. The van der Waals surface area contributed by atoms with Crippen LogP contribution in [0, 0.1) is 0 Å². The van der Waals surface area contributed by atoms with Crippen molar-refractivity contribution in [2.75, 3.05) is 11.9 Å². The first-order valence-electron chi connectivity index (χ1n) is 5.70. The molecule has 0 saturated carbocycles. The van der Waals surface area contributed by atoms with Gasteiger partial charge in [-0.1, -0.05) is 18.2 Å². The fourth-order valence-corrected chi connectivity index (χ4v) is 1.52. The molecule has 0 fully saturated rings. The minimum Gasteiger partial charge on any atom is -0.370 e. The number of benzene rings is 1. The monoisotopic (exact) mass is 244 g/mol. The van der Waals surface area contributed by atoms with Crippen LogP contribution >= 0.6 is 0 Å². The van der Waals surface area contributed by atoms with Crippen LogP contribution in [0.5, 0.6) is 0 Å². The molecule has 0 unspecified atom stereocenters. The molecule has 2 aromatic rings. The van der Waals surface area contributed by atoms with Crippen LogP contribution in [-0.2, 0) is 13.5 Å². The highest BCUT2D eigenvalue weighted by Gasteiger charge is 1.99. The molecule has 0 radical (unpaired) electrons. The Hall–Kier alpha value is -2.37. The zero-order valence-corrected chi connectivity index (χ0v) is 10.2. The van der Waals surface area contributed by atoms with E-state index in [1.54, 1.807) is 6.33 Å². The first-order valence-corrected chi connectivity index (χ1v) is 5.70. The number of rotatable bonds is 4. The van der Waals surface area contributed by atoms with Crippen LogP contribution in [0.2, 0.25) is 0 Å². The Morgan fingerprint density at radius 2 is 2.17 bits per heavy atom. The van der Waals surface area contributed by atoms with Crippen molar-refractivity contribution < 1.29 is 0 Å². The van der Waals surface area contributed by atoms with Crippen molar-refractivity contribution in [3.8, 4) is 0 Å². The van der Waals surface area contributed by atoms with Crippen LogP contribution in [0.25, 0.3) is 0 Å². The molecule has 0 bridgehead atoms. The smallest absolute Gasteiger partial charge is 0.193 e. The molecule has 6 heteroatoms. The number of nitrogens with two attached hydrogens (primary N) is 1. The number of anilines is 1. The van der Waals surface area contributed by atoms with Gasteiger partial charge in [0.15, 0.2) is 5.96 Å². The Bertz CT molecular complexity index is 516. The van der Waals surface area contributed by atoms with E-state index in [0.717, 1.165) is 11.5 Å². The molecular formula is C12H16N6. The third-order valence-corrected chi connectivity index (χ3v) is 2.47. The topological polar surface area (TPSA) is 81.1 Å². The number of aromatic nitrogens is 3. The molecule has 0 aliphatic rings. The molecule has 3 N–H and O–H groups in total. The predicted octanol–water partition coefficient (Wildman–Crippen LogP) is 0.784. The van der Waals surface area contributed by atoms with Gasteiger partial charge in [-0.15, -0.1) is 10.2 Å². The minimum absolute atomic E-state index is 0.406. The minimum atomic E-state index is 0.406. The fraction of sp³-hybridized carbons (Fsp3) is 0.250. The number of para-hydroxylation sites is 1. The summed E-state index contributed by atoms with van der Waals surface area (Å²) in [6, 6.07) is 9.70. The van der Waals surface area contributed by atoms with Gasteiger partial charge < -0.3 is 15.6 Å². The molecule has 94 valence electrons. The van der Waals surface area contributed by atoms with Crippen molar-refractivity contribution in [1.29, 1.82) is 0 Å². The van der Waals surface area contributed by atoms with Crippen molar-refractivity contribution in [3.05, 3.63) is 42.5 Å². The van der Waals surface area contributed by atoms with E-state index in [2.05, 4.69) is 20.5 Å². The maximum atomic E-state index is 5.78. The quantitative estimate of drug-likeness (QED) is 0.615. The number of nitrogens with zero attached hydrogens (tertiary/aromatic N) is 4. The normalized spacial score (nSPS) is 11.5. The second-order valence-corrected chi connectivity index (χ2v) is 3.87. The number of aryl methyl sites for hydroxylation is 1. The van der Waals surface area contributed by atoms with E-state index in [0.29, 0.717) is 18.9 Å². The summed E-state index contributed by atoms with van der Waals surface area (Å²) in [5.41, 5.74) is 6.71. The average molecular weight is 244 g/mol. The van der Waals surface area contributed by atoms with Crippen LogP contribution < -0.4 is 11.1 Å². The van der Waals surface area contributed by atoms with Gasteiger partial charge in [0.05, 0.1) is 0 Å². The standard InChI is InChI=1S/C12H16N6/c1-18-9-15-17-11(18)7-8-14-12(13)16-10-5-3-2-4-6-10/h2-6,9H,7-8H2,1H3,(H3,13,14,16). The highest BCUT2D eigenvalue weighted by Crippen LogP contribution is 2.03. The van der Waals surface area contributed by atoms with Crippen molar-refractivity contribution in [2.24, 2.45) is 17.8 Å². The number of hydrogen-bond donors (Lipinski definition) is 2. The average Bonchev–Trinajstić information content (AvgIpc) is 2.76. The van der Waals surface area contributed by atoms with Gasteiger partial charge in [-0.25, -0.2) is 0 Å². The lowest BCUT2D eigenvalue weighted by Gasteiger charge is -2.04. The van der Waals surface area contributed by atoms with E-state index in [1.807, 2.05) is 41.9 Å². The summed E-state index contributed by atoms with van der Waals surface area (Å²) in [5.74, 6) is 1.30. The zero-order chi connectivity index (χ0) is 12.8. The van der Waals surface area contributed by atoms with Crippen LogP contribution in [0.4, 0.5) is 5.69 Å².